The zero-order valence-electron chi connectivity index (χ0n) is 15.0. The smallest absolute Gasteiger partial charge is 0.255 e. The van der Waals surface area contributed by atoms with E-state index in [-0.39, 0.29) is 17.5 Å². The predicted octanol–water partition coefficient (Wildman–Crippen LogP) is 3.34. The number of carbonyl (C=O) groups excluding carboxylic acids is 1. The molecule has 1 N–H and O–H groups in total. The minimum atomic E-state index is -3.43. The number of hydrogen-bond donors (Lipinski definition) is 1. The van der Waals surface area contributed by atoms with Gasteiger partial charge in [-0.15, -0.1) is 0 Å². The molecule has 0 saturated heterocycles. The molecule has 0 spiro atoms. The van der Waals surface area contributed by atoms with Crippen LogP contribution in [-0.4, -0.2) is 34.7 Å². The molecule has 0 fully saturated rings. The van der Waals surface area contributed by atoms with Gasteiger partial charge in [-0.1, -0.05) is 28.1 Å². The number of halogens is 1. The number of hydrogen-bond acceptors (Lipinski definition) is 4. The summed E-state index contributed by atoms with van der Waals surface area (Å²) in [7, 11) is -0.538. The normalized spacial score (nSPS) is 12.3. The summed E-state index contributed by atoms with van der Waals surface area (Å²) < 4.78 is 30.8. The number of nitrogens with zero attached hydrogens (tertiary/aromatic N) is 1. The molecule has 1 atom stereocenters. The Balaban J connectivity index is 2.32. The van der Waals surface area contributed by atoms with Gasteiger partial charge in [-0.25, -0.2) is 8.42 Å². The highest BCUT2D eigenvalue weighted by atomic mass is 79.9. The lowest BCUT2D eigenvalue weighted by Crippen LogP contribution is -2.28. The van der Waals surface area contributed by atoms with E-state index in [0.717, 1.165) is 20.6 Å². The zero-order chi connectivity index (χ0) is 19.5. The van der Waals surface area contributed by atoms with Crippen LogP contribution in [0.25, 0.3) is 0 Å². The lowest BCUT2D eigenvalue weighted by molar-refractivity contribution is 0.0937. The first-order chi connectivity index (χ1) is 12.1. The van der Waals surface area contributed by atoms with Crippen LogP contribution in [0.2, 0.25) is 0 Å². The van der Waals surface area contributed by atoms with Crippen LogP contribution in [0.5, 0.6) is 5.75 Å². The Morgan fingerprint density at radius 1 is 1.23 bits per heavy atom. The van der Waals surface area contributed by atoms with E-state index in [1.54, 1.807) is 12.1 Å². The number of benzene rings is 2. The fourth-order valence-electron chi connectivity index (χ4n) is 2.39. The molecule has 140 valence electrons. The van der Waals surface area contributed by atoms with Crippen LogP contribution >= 0.6 is 15.9 Å². The summed E-state index contributed by atoms with van der Waals surface area (Å²) >= 11 is 3.41. The first-order valence-electron chi connectivity index (χ1n) is 7.81. The molecule has 26 heavy (non-hydrogen) atoms. The maximum absolute atomic E-state index is 12.7. The van der Waals surface area contributed by atoms with Crippen LogP contribution in [0.4, 0.5) is 5.69 Å². The second kappa shape index (κ2) is 8.09. The molecular formula is C18H21BrN2O4S. The second-order valence-corrected chi connectivity index (χ2v) is 8.79. The molecule has 0 saturated carbocycles. The summed E-state index contributed by atoms with van der Waals surface area (Å²) in [4.78, 5) is 12.7. The van der Waals surface area contributed by atoms with E-state index in [1.165, 1.54) is 20.2 Å². The molecule has 0 aliphatic heterocycles. The molecule has 0 unspecified atom stereocenters. The van der Waals surface area contributed by atoms with E-state index in [2.05, 4.69) is 21.2 Å². The van der Waals surface area contributed by atoms with Crippen molar-refractivity contribution < 1.29 is 17.9 Å². The van der Waals surface area contributed by atoms with Crippen LogP contribution in [0, 0.1) is 0 Å². The molecule has 0 radical (unpaired) electrons. The summed E-state index contributed by atoms with van der Waals surface area (Å²) in [6, 6.07) is 12.1. The van der Waals surface area contributed by atoms with Crippen LogP contribution < -0.4 is 14.4 Å². The van der Waals surface area contributed by atoms with Gasteiger partial charge in [0.25, 0.3) is 5.91 Å². The van der Waals surface area contributed by atoms with E-state index in [9.17, 15) is 13.2 Å². The Morgan fingerprint density at radius 2 is 1.92 bits per heavy atom. The molecule has 0 heterocycles. The minimum absolute atomic E-state index is 0.235. The van der Waals surface area contributed by atoms with Gasteiger partial charge in [-0.05, 0) is 42.8 Å². The molecule has 6 nitrogen and oxygen atoms in total. The van der Waals surface area contributed by atoms with Crippen LogP contribution in [0.15, 0.2) is 46.9 Å². The Morgan fingerprint density at radius 3 is 2.50 bits per heavy atom. The van der Waals surface area contributed by atoms with E-state index >= 15 is 0 Å². The number of anilines is 1. The van der Waals surface area contributed by atoms with Gasteiger partial charge in [0.15, 0.2) is 0 Å². The third-order valence-corrected chi connectivity index (χ3v) is 5.68. The van der Waals surface area contributed by atoms with Gasteiger partial charge < -0.3 is 10.1 Å². The summed E-state index contributed by atoms with van der Waals surface area (Å²) in [5.74, 6) is 0.0210. The van der Waals surface area contributed by atoms with Crippen molar-refractivity contribution >= 4 is 37.5 Å². The number of sulfonamides is 1. The molecule has 0 aliphatic rings. The zero-order valence-corrected chi connectivity index (χ0v) is 17.4. The van der Waals surface area contributed by atoms with Crippen LogP contribution in [0.3, 0.4) is 0 Å². The number of methoxy groups -OCH3 is 1. The summed E-state index contributed by atoms with van der Waals surface area (Å²) in [6.07, 6.45) is 1.10. The molecule has 0 bridgehead atoms. The number of amides is 1. The monoisotopic (exact) mass is 440 g/mol. The number of ether oxygens (including phenoxy) is 1. The number of rotatable bonds is 6. The molecule has 2 aromatic rings. The average molecular weight is 441 g/mol. The maximum atomic E-state index is 12.7. The van der Waals surface area contributed by atoms with E-state index in [4.69, 9.17) is 4.74 Å². The molecular weight excluding hydrogens is 420 g/mol. The fraction of sp³-hybridized carbons (Fsp3) is 0.278. The van der Waals surface area contributed by atoms with Crippen molar-refractivity contribution in [1.29, 1.82) is 0 Å². The van der Waals surface area contributed by atoms with Gasteiger partial charge >= 0.3 is 0 Å². The van der Waals surface area contributed by atoms with Gasteiger partial charge in [-0.2, -0.15) is 0 Å². The Labute approximate surface area is 162 Å². The van der Waals surface area contributed by atoms with E-state index < -0.39 is 10.0 Å². The van der Waals surface area contributed by atoms with Gasteiger partial charge in [0.1, 0.15) is 5.75 Å². The quantitative estimate of drug-likeness (QED) is 0.746. The molecule has 0 aromatic heterocycles. The standard InChI is InChI=1S/C18H21BrN2O4S/c1-12(13-6-5-7-14(19)10-13)20-18(22)16-11-15(8-9-17(16)25-3)21(2)26(4,23)24/h5-12H,1-4H3,(H,20,22)/t12-/m0/s1. The third-order valence-electron chi connectivity index (χ3n) is 3.99. The van der Waals surface area contributed by atoms with Crippen molar-refractivity contribution in [3.63, 3.8) is 0 Å². The molecule has 8 heteroatoms. The molecule has 0 aliphatic carbocycles. The predicted molar refractivity (Wildman–Crippen MR) is 106 cm³/mol. The summed E-state index contributed by atoms with van der Waals surface area (Å²) in [5, 5.41) is 2.91. The minimum Gasteiger partial charge on any atom is -0.496 e. The fourth-order valence-corrected chi connectivity index (χ4v) is 3.31. The van der Waals surface area contributed by atoms with Gasteiger partial charge in [0, 0.05) is 11.5 Å². The van der Waals surface area contributed by atoms with Crippen LogP contribution in [-0.2, 0) is 10.0 Å². The van der Waals surface area contributed by atoms with Crippen molar-refractivity contribution in [2.24, 2.45) is 0 Å². The Kier molecular flexibility index (Phi) is 6.30. The number of carbonyl (C=O) groups is 1. The summed E-state index contributed by atoms with van der Waals surface area (Å²) in [5.41, 5.74) is 1.59. The van der Waals surface area contributed by atoms with Crippen molar-refractivity contribution in [1.82, 2.24) is 5.32 Å². The topological polar surface area (TPSA) is 75.7 Å². The SMILES string of the molecule is COc1ccc(N(C)S(C)(=O)=O)cc1C(=O)N[C@@H](C)c1cccc(Br)c1. The van der Waals surface area contributed by atoms with Crippen molar-refractivity contribution in [3.8, 4) is 5.75 Å². The second-order valence-electron chi connectivity index (χ2n) is 5.87. The molecule has 1 amide bonds. The Hall–Kier alpha value is -2.06. The largest absolute Gasteiger partial charge is 0.496 e. The molecule has 2 rings (SSSR count). The lowest BCUT2D eigenvalue weighted by Gasteiger charge is -2.20. The van der Waals surface area contributed by atoms with E-state index in [0.29, 0.717) is 11.4 Å². The summed E-state index contributed by atoms with van der Waals surface area (Å²) in [6.45, 7) is 1.87. The van der Waals surface area contributed by atoms with Crippen LogP contribution in [0.1, 0.15) is 28.9 Å². The van der Waals surface area contributed by atoms with E-state index in [1.807, 2.05) is 31.2 Å². The highest BCUT2D eigenvalue weighted by Crippen LogP contribution is 2.26. The van der Waals surface area contributed by atoms with Crippen molar-refractivity contribution in [2.75, 3.05) is 24.7 Å². The van der Waals surface area contributed by atoms with Crippen molar-refractivity contribution in [2.45, 2.75) is 13.0 Å². The first kappa shape index (κ1) is 20.3. The molecule has 2 aromatic carbocycles. The Bertz CT molecular complexity index is 915. The average Bonchev–Trinajstić information content (AvgIpc) is 2.59. The first-order valence-corrected chi connectivity index (χ1v) is 10.5. The highest BCUT2D eigenvalue weighted by Gasteiger charge is 2.19. The van der Waals surface area contributed by atoms with Gasteiger partial charge in [0.05, 0.1) is 30.7 Å². The highest BCUT2D eigenvalue weighted by molar-refractivity contribution is 9.10. The van der Waals surface area contributed by atoms with Gasteiger partial charge in [-0.3, -0.25) is 9.10 Å². The van der Waals surface area contributed by atoms with Crippen molar-refractivity contribution in [3.05, 3.63) is 58.1 Å². The lowest BCUT2D eigenvalue weighted by atomic mass is 10.1. The van der Waals surface area contributed by atoms with Gasteiger partial charge in [0.2, 0.25) is 10.0 Å². The third kappa shape index (κ3) is 4.76. The number of nitrogens with one attached hydrogen (secondary N) is 1. The maximum Gasteiger partial charge on any atom is 0.255 e.